The van der Waals surface area contributed by atoms with Crippen LogP contribution in [0.2, 0.25) is 0 Å². The van der Waals surface area contributed by atoms with Crippen molar-refractivity contribution in [1.29, 1.82) is 0 Å². The number of anilines is 1. The number of rotatable bonds is 1. The van der Waals surface area contributed by atoms with Crippen LogP contribution in [0.3, 0.4) is 0 Å². The third kappa shape index (κ3) is 1.92. The first kappa shape index (κ1) is 11.1. The summed E-state index contributed by atoms with van der Waals surface area (Å²) in [5, 5.41) is 2.71. The fourth-order valence-corrected chi connectivity index (χ4v) is 2.31. The van der Waals surface area contributed by atoms with Crippen molar-refractivity contribution in [2.45, 2.75) is 12.8 Å². The van der Waals surface area contributed by atoms with Crippen LogP contribution in [0.4, 0.5) is 5.69 Å². The molecule has 2 amide bonds. The van der Waals surface area contributed by atoms with E-state index in [1.165, 1.54) is 0 Å². The van der Waals surface area contributed by atoms with E-state index in [1.54, 1.807) is 18.2 Å². The van der Waals surface area contributed by atoms with Gasteiger partial charge in [-0.25, -0.2) is 0 Å². The Morgan fingerprint density at radius 2 is 2.06 bits per heavy atom. The molecule has 0 atom stereocenters. The highest BCUT2D eigenvalue weighted by Gasteiger charge is 2.22. The van der Waals surface area contributed by atoms with Gasteiger partial charge >= 0.3 is 0 Å². The minimum atomic E-state index is -0.166. The van der Waals surface area contributed by atoms with E-state index in [0.29, 0.717) is 17.0 Å². The molecule has 1 aromatic carbocycles. The average Bonchev–Trinajstić information content (AvgIpc) is 2.91. The Morgan fingerprint density at radius 1 is 1.28 bits per heavy atom. The summed E-state index contributed by atoms with van der Waals surface area (Å²) >= 11 is 0. The molecule has 0 radical (unpaired) electrons. The van der Waals surface area contributed by atoms with Crippen LogP contribution in [0.1, 0.15) is 23.2 Å². The predicted molar refractivity (Wildman–Crippen MR) is 65.7 cm³/mol. The van der Waals surface area contributed by atoms with Crippen LogP contribution in [0, 0.1) is 0 Å². The maximum Gasteiger partial charge on any atom is 0.262 e. The standard InChI is InChI=1S/C13H14N2O3/c16-12-8-18-11-7-9(3-4-10(11)14-12)13(17)15-5-1-2-6-15/h3-4,7H,1-2,5-6,8H2,(H,14,16). The van der Waals surface area contributed by atoms with Crippen molar-refractivity contribution >= 4 is 17.5 Å². The summed E-state index contributed by atoms with van der Waals surface area (Å²) in [6.07, 6.45) is 2.15. The minimum Gasteiger partial charge on any atom is -0.482 e. The van der Waals surface area contributed by atoms with Gasteiger partial charge in [0.2, 0.25) is 0 Å². The molecule has 1 N–H and O–H groups in total. The van der Waals surface area contributed by atoms with Crippen molar-refractivity contribution in [3.63, 3.8) is 0 Å². The Balaban J connectivity index is 1.85. The molecule has 0 unspecified atom stereocenters. The molecule has 1 aromatic rings. The molecule has 3 rings (SSSR count). The zero-order valence-electron chi connectivity index (χ0n) is 9.94. The number of carbonyl (C=O) groups excluding carboxylic acids is 2. The number of amides is 2. The molecule has 0 aliphatic carbocycles. The fourth-order valence-electron chi connectivity index (χ4n) is 2.31. The number of benzene rings is 1. The van der Waals surface area contributed by atoms with E-state index in [-0.39, 0.29) is 18.4 Å². The van der Waals surface area contributed by atoms with Gasteiger partial charge in [-0.3, -0.25) is 9.59 Å². The Hall–Kier alpha value is -2.04. The number of nitrogens with zero attached hydrogens (tertiary/aromatic N) is 1. The lowest BCUT2D eigenvalue weighted by molar-refractivity contribution is -0.118. The molecule has 5 nitrogen and oxygen atoms in total. The minimum absolute atomic E-state index is 0.00829. The first-order chi connectivity index (χ1) is 8.74. The summed E-state index contributed by atoms with van der Waals surface area (Å²) in [6.45, 7) is 1.66. The number of hydrogen-bond acceptors (Lipinski definition) is 3. The van der Waals surface area contributed by atoms with Crippen LogP contribution >= 0.6 is 0 Å². The first-order valence-corrected chi connectivity index (χ1v) is 6.10. The molecule has 5 heteroatoms. The van der Waals surface area contributed by atoms with E-state index in [1.807, 2.05) is 4.90 Å². The average molecular weight is 246 g/mol. The van der Waals surface area contributed by atoms with Crippen LogP contribution in [-0.4, -0.2) is 36.4 Å². The summed E-state index contributed by atoms with van der Waals surface area (Å²) in [5.41, 5.74) is 1.25. The van der Waals surface area contributed by atoms with Crippen LogP contribution in [-0.2, 0) is 4.79 Å². The van der Waals surface area contributed by atoms with Crippen molar-refractivity contribution in [1.82, 2.24) is 4.90 Å². The molecule has 18 heavy (non-hydrogen) atoms. The molecule has 1 saturated heterocycles. The molecular weight excluding hydrogens is 232 g/mol. The van der Waals surface area contributed by atoms with E-state index in [9.17, 15) is 9.59 Å². The number of fused-ring (bicyclic) bond motifs is 1. The zero-order chi connectivity index (χ0) is 12.5. The lowest BCUT2D eigenvalue weighted by Crippen LogP contribution is -2.28. The van der Waals surface area contributed by atoms with Gasteiger partial charge in [0.15, 0.2) is 6.61 Å². The van der Waals surface area contributed by atoms with Crippen molar-refractivity contribution in [2.24, 2.45) is 0 Å². The number of ether oxygens (including phenoxy) is 1. The normalized spacial score (nSPS) is 18.0. The van der Waals surface area contributed by atoms with Crippen LogP contribution in [0.5, 0.6) is 5.75 Å². The van der Waals surface area contributed by atoms with Crippen LogP contribution in [0.15, 0.2) is 18.2 Å². The summed E-state index contributed by atoms with van der Waals surface area (Å²) < 4.78 is 5.31. The smallest absolute Gasteiger partial charge is 0.262 e. The van der Waals surface area contributed by atoms with Crippen molar-refractivity contribution < 1.29 is 14.3 Å². The van der Waals surface area contributed by atoms with Gasteiger partial charge in [0.25, 0.3) is 11.8 Å². The maximum atomic E-state index is 12.2. The predicted octanol–water partition coefficient (Wildman–Crippen LogP) is 1.25. The third-order valence-corrected chi connectivity index (χ3v) is 3.25. The Kier molecular flexibility index (Phi) is 2.66. The van der Waals surface area contributed by atoms with E-state index in [4.69, 9.17) is 4.74 Å². The van der Waals surface area contributed by atoms with Crippen LogP contribution < -0.4 is 10.1 Å². The molecule has 2 aliphatic heterocycles. The molecule has 1 fully saturated rings. The van der Waals surface area contributed by atoms with Crippen molar-refractivity contribution in [2.75, 3.05) is 25.0 Å². The molecule has 0 aromatic heterocycles. The second-order valence-electron chi connectivity index (χ2n) is 4.55. The van der Waals surface area contributed by atoms with E-state index >= 15 is 0 Å². The van der Waals surface area contributed by atoms with E-state index < -0.39 is 0 Å². The Labute approximate surface area is 105 Å². The highest BCUT2D eigenvalue weighted by Crippen LogP contribution is 2.29. The topological polar surface area (TPSA) is 58.6 Å². The first-order valence-electron chi connectivity index (χ1n) is 6.10. The molecule has 2 aliphatic rings. The lowest BCUT2D eigenvalue weighted by atomic mass is 10.1. The summed E-state index contributed by atoms with van der Waals surface area (Å²) in [6, 6.07) is 5.15. The second kappa shape index (κ2) is 4.33. The van der Waals surface area contributed by atoms with Gasteiger partial charge < -0.3 is 15.0 Å². The Bertz CT molecular complexity index is 507. The van der Waals surface area contributed by atoms with E-state index in [2.05, 4.69) is 5.32 Å². The maximum absolute atomic E-state index is 12.2. The summed E-state index contributed by atoms with van der Waals surface area (Å²) in [7, 11) is 0. The number of nitrogens with one attached hydrogen (secondary N) is 1. The van der Waals surface area contributed by atoms with Gasteiger partial charge in [0.05, 0.1) is 5.69 Å². The monoisotopic (exact) mass is 246 g/mol. The van der Waals surface area contributed by atoms with Gasteiger partial charge in [-0.15, -0.1) is 0 Å². The highest BCUT2D eigenvalue weighted by atomic mass is 16.5. The quantitative estimate of drug-likeness (QED) is 0.811. The SMILES string of the molecule is O=C1COc2cc(C(=O)N3CCCC3)ccc2N1. The fraction of sp³-hybridized carbons (Fsp3) is 0.385. The number of carbonyl (C=O) groups is 2. The summed E-state index contributed by atoms with van der Waals surface area (Å²) in [4.78, 5) is 25.2. The molecule has 0 bridgehead atoms. The van der Waals surface area contributed by atoms with Crippen molar-refractivity contribution in [3.05, 3.63) is 23.8 Å². The third-order valence-electron chi connectivity index (χ3n) is 3.25. The largest absolute Gasteiger partial charge is 0.482 e. The molecular formula is C13H14N2O3. The molecule has 94 valence electrons. The van der Waals surface area contributed by atoms with Gasteiger partial charge in [-0.2, -0.15) is 0 Å². The molecule has 0 spiro atoms. The van der Waals surface area contributed by atoms with Gasteiger partial charge in [-0.05, 0) is 31.0 Å². The summed E-state index contributed by atoms with van der Waals surface area (Å²) in [5.74, 6) is 0.441. The number of likely N-dealkylation sites (tertiary alicyclic amines) is 1. The van der Waals surface area contributed by atoms with Gasteiger partial charge in [-0.1, -0.05) is 0 Å². The molecule has 0 saturated carbocycles. The van der Waals surface area contributed by atoms with Crippen molar-refractivity contribution in [3.8, 4) is 5.75 Å². The zero-order valence-corrected chi connectivity index (χ0v) is 9.94. The highest BCUT2D eigenvalue weighted by molar-refractivity contribution is 5.99. The number of hydrogen-bond donors (Lipinski definition) is 1. The molecule has 2 heterocycles. The van der Waals surface area contributed by atoms with Crippen LogP contribution in [0.25, 0.3) is 0 Å². The Morgan fingerprint density at radius 3 is 2.83 bits per heavy atom. The lowest BCUT2D eigenvalue weighted by Gasteiger charge is -2.20. The van der Waals surface area contributed by atoms with E-state index in [0.717, 1.165) is 25.9 Å². The van der Waals surface area contributed by atoms with Gasteiger partial charge in [0.1, 0.15) is 5.75 Å². The van der Waals surface area contributed by atoms with Gasteiger partial charge in [0, 0.05) is 18.7 Å². The second-order valence-corrected chi connectivity index (χ2v) is 4.55.